The van der Waals surface area contributed by atoms with Gasteiger partial charge in [0.1, 0.15) is 12.4 Å². The summed E-state index contributed by atoms with van der Waals surface area (Å²) in [5.74, 6) is 0.505. The number of anilines is 1. The number of aryl methyl sites for hydroxylation is 1. The van der Waals surface area contributed by atoms with E-state index in [-0.39, 0.29) is 13.2 Å². The van der Waals surface area contributed by atoms with E-state index in [2.05, 4.69) is 17.1 Å². The molecule has 1 N–H and O–H groups in total. The maximum atomic E-state index is 10.0. The Balaban J connectivity index is 1.82. The van der Waals surface area contributed by atoms with Crippen molar-refractivity contribution in [3.63, 3.8) is 0 Å². The highest BCUT2D eigenvalue weighted by molar-refractivity contribution is 6.17. The third-order valence-electron chi connectivity index (χ3n) is 4.67. The van der Waals surface area contributed by atoms with Gasteiger partial charge in [0.05, 0.1) is 35.6 Å². The number of hydrogen-bond donors (Lipinski definition) is 1. The van der Waals surface area contributed by atoms with E-state index in [9.17, 15) is 5.11 Å². The van der Waals surface area contributed by atoms with Crippen molar-refractivity contribution in [2.75, 3.05) is 4.81 Å². The standard InChI is InChI=1S/C23H19BN4O2/c1-16-23(30-15-19-4-2-3-18(9-19)11-26)22(14-29)20(12-27-16)13-28(24)21-7-5-17(10-25)6-8-21/h2-9,12,29H,13-15H2,1H3. The molecule has 0 spiro atoms. The molecule has 146 valence electrons. The SMILES string of the molecule is [B]N(Cc1cnc(C)c(OCc2cccc(C#N)c2)c1CO)c1ccc(C#N)cc1. The summed E-state index contributed by atoms with van der Waals surface area (Å²) in [5, 5.41) is 28.0. The minimum absolute atomic E-state index is 0.229. The van der Waals surface area contributed by atoms with Gasteiger partial charge in [-0.1, -0.05) is 12.1 Å². The van der Waals surface area contributed by atoms with Crippen LogP contribution in [0.4, 0.5) is 5.69 Å². The highest BCUT2D eigenvalue weighted by Crippen LogP contribution is 2.28. The number of rotatable bonds is 7. The minimum Gasteiger partial charge on any atom is -0.487 e. The lowest BCUT2D eigenvalue weighted by molar-refractivity contribution is 0.255. The van der Waals surface area contributed by atoms with Crippen molar-refractivity contribution >= 4 is 13.7 Å². The second-order valence-electron chi connectivity index (χ2n) is 6.72. The first kappa shape index (κ1) is 20.9. The van der Waals surface area contributed by atoms with Gasteiger partial charge in [-0.25, -0.2) is 0 Å². The van der Waals surface area contributed by atoms with Crippen LogP contribution in [-0.2, 0) is 19.8 Å². The molecule has 0 atom stereocenters. The van der Waals surface area contributed by atoms with Crippen LogP contribution >= 0.6 is 0 Å². The quantitative estimate of drug-likeness (QED) is 0.618. The van der Waals surface area contributed by atoms with Crippen LogP contribution in [0.1, 0.15) is 33.5 Å². The Morgan fingerprint density at radius 2 is 1.83 bits per heavy atom. The average molecular weight is 394 g/mol. The lowest BCUT2D eigenvalue weighted by atomic mass is 10.0. The summed E-state index contributed by atoms with van der Waals surface area (Å²) < 4.78 is 5.98. The molecule has 2 aromatic carbocycles. The third kappa shape index (κ3) is 4.78. The molecule has 0 aliphatic carbocycles. The molecule has 0 aliphatic rings. The molecule has 1 heterocycles. The first-order valence-corrected chi connectivity index (χ1v) is 9.28. The first-order chi connectivity index (χ1) is 14.5. The first-order valence-electron chi connectivity index (χ1n) is 9.28. The maximum absolute atomic E-state index is 10.0. The number of benzene rings is 2. The average Bonchev–Trinajstić information content (AvgIpc) is 2.79. The van der Waals surface area contributed by atoms with Gasteiger partial charge in [-0.2, -0.15) is 10.5 Å². The van der Waals surface area contributed by atoms with Crippen molar-refractivity contribution in [1.29, 1.82) is 10.5 Å². The van der Waals surface area contributed by atoms with Crippen molar-refractivity contribution in [3.8, 4) is 17.9 Å². The lowest BCUT2D eigenvalue weighted by Crippen LogP contribution is -2.20. The number of ether oxygens (including phenoxy) is 1. The third-order valence-corrected chi connectivity index (χ3v) is 4.67. The Bertz CT molecular complexity index is 1120. The molecule has 0 unspecified atom stereocenters. The molecule has 0 bridgehead atoms. The van der Waals surface area contributed by atoms with E-state index in [1.165, 1.54) is 4.81 Å². The van der Waals surface area contributed by atoms with E-state index in [0.717, 1.165) is 16.8 Å². The second kappa shape index (κ2) is 9.60. The van der Waals surface area contributed by atoms with Gasteiger partial charge in [0.15, 0.2) is 0 Å². The maximum Gasteiger partial charge on any atom is 0.227 e. The summed E-state index contributed by atoms with van der Waals surface area (Å²) in [7, 11) is 6.20. The number of pyridine rings is 1. The predicted octanol–water partition coefficient (Wildman–Crippen LogP) is 3.29. The highest BCUT2D eigenvalue weighted by Gasteiger charge is 2.15. The van der Waals surface area contributed by atoms with Crippen molar-refractivity contribution in [1.82, 2.24) is 4.98 Å². The van der Waals surface area contributed by atoms with Crippen LogP contribution in [0.5, 0.6) is 5.75 Å². The molecule has 3 aromatic rings. The van der Waals surface area contributed by atoms with E-state index >= 15 is 0 Å². The summed E-state index contributed by atoms with van der Waals surface area (Å²) in [5.41, 5.74) is 4.69. The zero-order chi connectivity index (χ0) is 21.5. The largest absolute Gasteiger partial charge is 0.487 e. The fraction of sp³-hybridized carbons (Fsp3) is 0.174. The number of nitriles is 2. The van der Waals surface area contributed by atoms with Crippen molar-refractivity contribution in [2.45, 2.75) is 26.7 Å². The number of hydrogen-bond acceptors (Lipinski definition) is 6. The van der Waals surface area contributed by atoms with Crippen molar-refractivity contribution in [3.05, 3.63) is 88.2 Å². The van der Waals surface area contributed by atoms with Gasteiger partial charge < -0.3 is 14.7 Å². The molecule has 0 fully saturated rings. The summed E-state index contributed by atoms with van der Waals surface area (Å²) >= 11 is 0. The van der Waals surface area contributed by atoms with Gasteiger partial charge in [-0.15, -0.1) is 0 Å². The molecule has 2 radical (unpaired) electrons. The van der Waals surface area contributed by atoms with E-state index < -0.39 is 0 Å². The van der Waals surface area contributed by atoms with Crippen molar-refractivity contribution in [2.24, 2.45) is 0 Å². The molecule has 1 aromatic heterocycles. The van der Waals surface area contributed by atoms with E-state index in [4.69, 9.17) is 23.2 Å². The summed E-state index contributed by atoms with van der Waals surface area (Å²) in [4.78, 5) is 5.91. The van der Waals surface area contributed by atoms with Gasteiger partial charge in [-0.3, -0.25) is 4.98 Å². The number of aromatic nitrogens is 1. The molecule has 7 heteroatoms. The Morgan fingerprint density at radius 3 is 2.50 bits per heavy atom. The number of aliphatic hydroxyl groups is 1. The monoisotopic (exact) mass is 394 g/mol. The fourth-order valence-corrected chi connectivity index (χ4v) is 3.07. The lowest BCUT2D eigenvalue weighted by Gasteiger charge is -2.23. The number of nitrogens with zero attached hydrogens (tertiary/aromatic N) is 4. The molecule has 30 heavy (non-hydrogen) atoms. The summed E-state index contributed by atoms with van der Waals surface area (Å²) in [6, 6.07) is 18.3. The predicted molar refractivity (Wildman–Crippen MR) is 113 cm³/mol. The van der Waals surface area contributed by atoms with Crippen LogP contribution in [0, 0.1) is 29.6 Å². The molecule has 0 saturated heterocycles. The van der Waals surface area contributed by atoms with Crippen LogP contribution in [0.25, 0.3) is 0 Å². The normalized spacial score (nSPS) is 10.1. The highest BCUT2D eigenvalue weighted by atomic mass is 16.5. The zero-order valence-corrected chi connectivity index (χ0v) is 16.5. The van der Waals surface area contributed by atoms with Gasteiger partial charge in [0.2, 0.25) is 7.98 Å². The molecule has 0 saturated carbocycles. The van der Waals surface area contributed by atoms with E-state index in [1.54, 1.807) is 48.7 Å². The second-order valence-corrected chi connectivity index (χ2v) is 6.72. The van der Waals surface area contributed by atoms with Crippen molar-refractivity contribution < 1.29 is 9.84 Å². The van der Waals surface area contributed by atoms with Gasteiger partial charge in [-0.05, 0) is 54.4 Å². The summed E-state index contributed by atoms with van der Waals surface area (Å²) in [6.07, 6.45) is 1.67. The van der Waals surface area contributed by atoms with Crippen LogP contribution in [0.2, 0.25) is 0 Å². The summed E-state index contributed by atoms with van der Waals surface area (Å²) in [6.45, 7) is 2.13. The molecule has 6 nitrogen and oxygen atoms in total. The Morgan fingerprint density at radius 1 is 1.10 bits per heavy atom. The molecule has 0 aliphatic heterocycles. The molecular weight excluding hydrogens is 375 g/mol. The van der Waals surface area contributed by atoms with Crippen LogP contribution in [-0.4, -0.2) is 18.1 Å². The zero-order valence-electron chi connectivity index (χ0n) is 16.5. The Hall–Kier alpha value is -3.81. The Labute approximate surface area is 177 Å². The fourth-order valence-electron chi connectivity index (χ4n) is 3.07. The van der Waals surface area contributed by atoms with Crippen LogP contribution < -0.4 is 9.55 Å². The topological polar surface area (TPSA) is 93.2 Å². The molecule has 0 amide bonds. The van der Waals surface area contributed by atoms with Gasteiger partial charge in [0, 0.05) is 24.0 Å². The minimum atomic E-state index is -0.229. The van der Waals surface area contributed by atoms with Crippen LogP contribution in [0.15, 0.2) is 54.7 Å². The van der Waals surface area contributed by atoms with E-state index in [0.29, 0.717) is 34.7 Å². The number of aliphatic hydroxyl groups excluding tert-OH is 1. The smallest absolute Gasteiger partial charge is 0.227 e. The molecular formula is C23H19BN4O2. The van der Waals surface area contributed by atoms with Gasteiger partial charge in [0.25, 0.3) is 0 Å². The van der Waals surface area contributed by atoms with Crippen LogP contribution in [0.3, 0.4) is 0 Å². The Kier molecular flexibility index (Phi) is 6.69. The van der Waals surface area contributed by atoms with Gasteiger partial charge >= 0.3 is 0 Å². The molecule has 3 rings (SSSR count). The van der Waals surface area contributed by atoms with E-state index in [1.807, 2.05) is 13.0 Å².